The quantitative estimate of drug-likeness (QED) is 0.852. The molecule has 1 saturated heterocycles. The lowest BCUT2D eigenvalue weighted by atomic mass is 10.1. The summed E-state index contributed by atoms with van der Waals surface area (Å²) in [5.74, 6) is 1.47. The molecule has 2 amide bonds. The van der Waals surface area contributed by atoms with Gasteiger partial charge in [0, 0.05) is 25.8 Å². The van der Waals surface area contributed by atoms with E-state index in [-0.39, 0.29) is 18.9 Å². The van der Waals surface area contributed by atoms with Crippen LogP contribution in [0.3, 0.4) is 0 Å². The largest absolute Gasteiger partial charge is 0.454 e. The number of nitrogens with one attached hydrogen (secondary N) is 1. The molecule has 28 heavy (non-hydrogen) atoms. The first-order chi connectivity index (χ1) is 13.6. The fourth-order valence-corrected chi connectivity index (χ4v) is 3.62. The summed E-state index contributed by atoms with van der Waals surface area (Å²) in [4.78, 5) is 17.1. The van der Waals surface area contributed by atoms with Crippen LogP contribution in [0.2, 0.25) is 0 Å². The second-order valence-electron chi connectivity index (χ2n) is 7.55. The van der Waals surface area contributed by atoms with Crippen molar-refractivity contribution in [1.82, 2.24) is 24.9 Å². The van der Waals surface area contributed by atoms with Crippen LogP contribution in [0.5, 0.6) is 11.5 Å². The highest BCUT2D eigenvalue weighted by Gasteiger charge is 2.23. The Labute approximate surface area is 165 Å². The SMILES string of the molecule is CN1CCC(NC(=O)N(Cc2ccc3c(c2)OCO3)Cc2ccn(C)n2)CC1. The molecule has 150 valence electrons. The van der Waals surface area contributed by atoms with E-state index in [0.29, 0.717) is 13.1 Å². The van der Waals surface area contributed by atoms with Crippen molar-refractivity contribution in [2.45, 2.75) is 32.0 Å². The Morgan fingerprint density at radius 2 is 1.96 bits per heavy atom. The zero-order valence-electron chi connectivity index (χ0n) is 16.4. The van der Waals surface area contributed by atoms with Crippen LogP contribution in [0.1, 0.15) is 24.1 Å². The Morgan fingerprint density at radius 1 is 1.18 bits per heavy atom. The highest BCUT2D eigenvalue weighted by atomic mass is 16.7. The van der Waals surface area contributed by atoms with E-state index in [1.807, 2.05) is 37.5 Å². The second-order valence-corrected chi connectivity index (χ2v) is 7.55. The molecule has 0 saturated carbocycles. The van der Waals surface area contributed by atoms with Gasteiger partial charge in [-0.3, -0.25) is 4.68 Å². The minimum Gasteiger partial charge on any atom is -0.454 e. The van der Waals surface area contributed by atoms with E-state index in [2.05, 4.69) is 22.4 Å². The van der Waals surface area contributed by atoms with Crippen LogP contribution >= 0.6 is 0 Å². The number of ether oxygens (including phenoxy) is 2. The molecule has 0 unspecified atom stereocenters. The molecular weight excluding hydrogens is 358 g/mol. The first-order valence-electron chi connectivity index (χ1n) is 9.68. The van der Waals surface area contributed by atoms with Gasteiger partial charge in [0.1, 0.15) is 0 Å². The Morgan fingerprint density at radius 3 is 2.71 bits per heavy atom. The maximum absolute atomic E-state index is 13.1. The van der Waals surface area contributed by atoms with E-state index < -0.39 is 0 Å². The molecule has 1 aromatic heterocycles. The van der Waals surface area contributed by atoms with Crippen LogP contribution in [-0.2, 0) is 20.1 Å². The van der Waals surface area contributed by atoms with E-state index >= 15 is 0 Å². The number of piperidine rings is 1. The molecule has 8 heteroatoms. The Kier molecular flexibility index (Phi) is 5.38. The van der Waals surface area contributed by atoms with Crippen LogP contribution in [0.4, 0.5) is 4.79 Å². The van der Waals surface area contributed by atoms with Crippen LogP contribution in [0, 0.1) is 0 Å². The van der Waals surface area contributed by atoms with Gasteiger partial charge in [-0.05, 0) is 56.7 Å². The summed E-state index contributed by atoms with van der Waals surface area (Å²) in [5.41, 5.74) is 1.86. The molecule has 2 aliphatic heterocycles. The lowest BCUT2D eigenvalue weighted by Crippen LogP contribution is -2.48. The molecular formula is C20H27N5O3. The summed E-state index contributed by atoms with van der Waals surface area (Å²) in [7, 11) is 4.00. The average molecular weight is 385 g/mol. The fraction of sp³-hybridized carbons (Fsp3) is 0.500. The van der Waals surface area contributed by atoms with E-state index in [4.69, 9.17) is 9.47 Å². The minimum atomic E-state index is -0.0575. The van der Waals surface area contributed by atoms with Crippen molar-refractivity contribution < 1.29 is 14.3 Å². The molecule has 2 aromatic rings. The summed E-state index contributed by atoms with van der Waals surface area (Å²) in [5, 5.41) is 7.64. The molecule has 1 aromatic carbocycles. The number of likely N-dealkylation sites (tertiary alicyclic amines) is 1. The lowest BCUT2D eigenvalue weighted by Gasteiger charge is -2.31. The third-order valence-electron chi connectivity index (χ3n) is 5.27. The van der Waals surface area contributed by atoms with Gasteiger partial charge in [-0.15, -0.1) is 0 Å². The van der Waals surface area contributed by atoms with Gasteiger partial charge in [-0.1, -0.05) is 6.07 Å². The number of nitrogens with zero attached hydrogens (tertiary/aromatic N) is 4. The van der Waals surface area contributed by atoms with Crippen molar-refractivity contribution >= 4 is 6.03 Å². The monoisotopic (exact) mass is 385 g/mol. The Bertz CT molecular complexity index is 829. The van der Waals surface area contributed by atoms with E-state index in [0.717, 1.165) is 48.7 Å². The first kappa shape index (κ1) is 18.6. The van der Waals surface area contributed by atoms with Crippen molar-refractivity contribution in [2.75, 3.05) is 26.9 Å². The van der Waals surface area contributed by atoms with Crippen molar-refractivity contribution in [2.24, 2.45) is 7.05 Å². The molecule has 0 aliphatic carbocycles. The predicted molar refractivity (Wildman–Crippen MR) is 104 cm³/mol. The average Bonchev–Trinajstić information content (AvgIpc) is 3.31. The zero-order chi connectivity index (χ0) is 19.5. The van der Waals surface area contributed by atoms with Gasteiger partial charge in [0.25, 0.3) is 0 Å². The van der Waals surface area contributed by atoms with E-state index in [1.54, 1.807) is 9.58 Å². The zero-order valence-corrected chi connectivity index (χ0v) is 16.4. The maximum atomic E-state index is 13.1. The van der Waals surface area contributed by atoms with Gasteiger partial charge < -0.3 is 24.6 Å². The number of rotatable bonds is 5. The van der Waals surface area contributed by atoms with Crippen molar-refractivity contribution in [3.05, 3.63) is 41.7 Å². The van der Waals surface area contributed by atoms with E-state index in [1.165, 1.54) is 0 Å². The van der Waals surface area contributed by atoms with Crippen LogP contribution in [-0.4, -0.2) is 58.6 Å². The molecule has 8 nitrogen and oxygen atoms in total. The predicted octanol–water partition coefficient (Wildman–Crippen LogP) is 1.95. The number of carbonyl (C=O) groups is 1. The molecule has 1 fully saturated rings. The molecule has 0 radical (unpaired) electrons. The Balaban J connectivity index is 1.47. The number of amides is 2. The summed E-state index contributed by atoms with van der Waals surface area (Å²) < 4.78 is 12.6. The third-order valence-corrected chi connectivity index (χ3v) is 5.27. The van der Waals surface area contributed by atoms with Gasteiger partial charge in [0.2, 0.25) is 6.79 Å². The van der Waals surface area contributed by atoms with Crippen LogP contribution in [0.25, 0.3) is 0 Å². The Hall–Kier alpha value is -2.74. The van der Waals surface area contributed by atoms with Crippen LogP contribution in [0.15, 0.2) is 30.5 Å². The molecule has 0 atom stereocenters. The lowest BCUT2D eigenvalue weighted by molar-refractivity contribution is 0.173. The molecule has 0 bridgehead atoms. The summed E-state index contributed by atoms with van der Waals surface area (Å²) >= 11 is 0. The van der Waals surface area contributed by atoms with Gasteiger partial charge in [-0.25, -0.2) is 4.79 Å². The van der Waals surface area contributed by atoms with Gasteiger partial charge >= 0.3 is 6.03 Å². The molecule has 4 rings (SSSR count). The number of aromatic nitrogens is 2. The number of hydrogen-bond donors (Lipinski definition) is 1. The van der Waals surface area contributed by atoms with Gasteiger partial charge in [0.15, 0.2) is 11.5 Å². The van der Waals surface area contributed by atoms with Gasteiger partial charge in [0.05, 0.1) is 12.2 Å². The normalized spacial score (nSPS) is 16.9. The van der Waals surface area contributed by atoms with E-state index in [9.17, 15) is 4.79 Å². The van der Waals surface area contributed by atoms with Gasteiger partial charge in [-0.2, -0.15) is 5.10 Å². The fourth-order valence-electron chi connectivity index (χ4n) is 3.62. The highest BCUT2D eigenvalue weighted by molar-refractivity contribution is 5.74. The van der Waals surface area contributed by atoms with Crippen LogP contribution < -0.4 is 14.8 Å². The number of aryl methyl sites for hydroxylation is 1. The third kappa shape index (κ3) is 4.39. The number of fused-ring (bicyclic) bond motifs is 1. The summed E-state index contributed by atoms with van der Waals surface area (Å²) in [6.45, 7) is 3.19. The summed E-state index contributed by atoms with van der Waals surface area (Å²) in [6.07, 6.45) is 3.84. The second kappa shape index (κ2) is 8.10. The number of urea groups is 1. The number of hydrogen-bond acceptors (Lipinski definition) is 5. The number of benzene rings is 1. The van der Waals surface area contributed by atoms with Crippen molar-refractivity contribution in [1.29, 1.82) is 0 Å². The molecule has 3 heterocycles. The maximum Gasteiger partial charge on any atom is 0.318 e. The first-order valence-corrected chi connectivity index (χ1v) is 9.68. The topological polar surface area (TPSA) is 71.9 Å². The highest BCUT2D eigenvalue weighted by Crippen LogP contribution is 2.33. The minimum absolute atomic E-state index is 0.0575. The van der Waals surface area contributed by atoms with Crippen molar-refractivity contribution in [3.63, 3.8) is 0 Å². The van der Waals surface area contributed by atoms with Crippen molar-refractivity contribution in [3.8, 4) is 11.5 Å². The molecule has 1 N–H and O–H groups in total. The number of carbonyl (C=O) groups excluding carboxylic acids is 1. The summed E-state index contributed by atoms with van der Waals surface area (Å²) in [6, 6.07) is 7.91. The molecule has 2 aliphatic rings. The smallest absolute Gasteiger partial charge is 0.318 e. The standard InChI is InChI=1S/C20H27N5O3/c1-23-8-5-16(6-9-23)21-20(26)25(13-17-7-10-24(2)22-17)12-15-3-4-18-19(11-15)28-14-27-18/h3-4,7,10-11,16H,5-6,8-9,12-14H2,1-2H3,(H,21,26). The molecule has 0 spiro atoms.